The molecule has 0 bridgehead atoms. The number of likely N-dealkylation sites (N-methyl/N-ethyl adjacent to an activating group) is 1. The van der Waals surface area contributed by atoms with E-state index < -0.39 is 0 Å². The van der Waals surface area contributed by atoms with Crippen LogP contribution < -0.4 is 0 Å². The number of carbonyl (C=O) groups excluding carboxylic acids is 1. The van der Waals surface area contributed by atoms with Crippen LogP contribution in [0.2, 0.25) is 0 Å². The zero-order chi connectivity index (χ0) is 9.45. The molecule has 1 fully saturated rings. The van der Waals surface area contributed by atoms with Gasteiger partial charge in [-0.15, -0.1) is 0 Å². The van der Waals surface area contributed by atoms with Gasteiger partial charge in [0.15, 0.2) is 0 Å². The van der Waals surface area contributed by atoms with E-state index >= 15 is 0 Å². The van der Waals surface area contributed by atoms with Gasteiger partial charge in [0.25, 0.3) is 0 Å². The Morgan fingerprint density at radius 2 is 1.92 bits per heavy atom. The van der Waals surface area contributed by atoms with Crippen LogP contribution in [0.1, 0.15) is 6.92 Å². The Balaban J connectivity index is 0.000000354. The summed E-state index contributed by atoms with van der Waals surface area (Å²) in [7, 11) is 2.29. The van der Waals surface area contributed by atoms with Gasteiger partial charge in [-0.3, -0.25) is 4.79 Å². The molecule has 0 N–H and O–H groups in total. The minimum atomic E-state index is 0.500. The van der Waals surface area contributed by atoms with E-state index in [1.54, 1.807) is 0 Å². The van der Waals surface area contributed by atoms with E-state index in [9.17, 15) is 0 Å². The second kappa shape index (κ2) is 5.89. The molecule has 0 aliphatic carbocycles. The lowest BCUT2D eigenvalue weighted by Gasteiger charge is -2.36. The highest BCUT2D eigenvalue weighted by atomic mass is 16.5. The lowest BCUT2D eigenvalue weighted by molar-refractivity contribution is -0.915. The first-order valence-electron chi connectivity index (χ1n) is 4.11. The highest BCUT2D eigenvalue weighted by Crippen LogP contribution is 2.05. The standard InChI is InChI=1S/C7H16NO.CNO/c1-3-8(2)4-6-9-7-5-8;2-1-3/h3-7H2,1-2H3;/q+1;-1. The van der Waals surface area contributed by atoms with Crippen LogP contribution in [0.25, 0.3) is 5.41 Å². The molecule has 1 rings (SSSR count). The monoisotopic (exact) mass is 172 g/mol. The highest BCUT2D eigenvalue weighted by molar-refractivity contribution is 5.36. The first-order valence-corrected chi connectivity index (χ1v) is 4.11. The van der Waals surface area contributed by atoms with E-state index in [0.717, 1.165) is 13.2 Å². The van der Waals surface area contributed by atoms with Gasteiger partial charge in [0, 0.05) is 0 Å². The Kier molecular flexibility index (Phi) is 5.54. The van der Waals surface area contributed by atoms with Gasteiger partial charge in [0.2, 0.25) is 0 Å². The predicted octanol–water partition coefficient (Wildman–Crippen LogP) is 0.375. The minimum Gasteiger partial charge on any atom is -0.724 e. The topological polar surface area (TPSA) is 48.6 Å². The van der Waals surface area contributed by atoms with Crippen molar-refractivity contribution in [3.05, 3.63) is 5.41 Å². The maximum absolute atomic E-state index is 8.24. The summed E-state index contributed by atoms with van der Waals surface area (Å²) in [5, 5.41) is 6.76. The smallest absolute Gasteiger partial charge is 0.102 e. The van der Waals surface area contributed by atoms with Gasteiger partial charge >= 0.3 is 0 Å². The number of quaternary nitrogens is 1. The summed E-state index contributed by atoms with van der Waals surface area (Å²) in [4.78, 5) is 8.24. The zero-order valence-corrected chi connectivity index (χ0v) is 7.75. The number of hydrogen-bond acceptors (Lipinski definition) is 2. The fourth-order valence-electron chi connectivity index (χ4n) is 1.10. The van der Waals surface area contributed by atoms with Crippen molar-refractivity contribution >= 4 is 6.08 Å². The second-order valence-electron chi connectivity index (χ2n) is 3.09. The van der Waals surface area contributed by atoms with Gasteiger partial charge in [-0.05, 0) is 13.0 Å². The van der Waals surface area contributed by atoms with Crippen molar-refractivity contribution in [2.75, 3.05) is 39.9 Å². The lowest BCUT2D eigenvalue weighted by Crippen LogP contribution is -2.51. The van der Waals surface area contributed by atoms with Crippen molar-refractivity contribution in [2.45, 2.75) is 6.92 Å². The van der Waals surface area contributed by atoms with Crippen LogP contribution in [0.4, 0.5) is 0 Å². The Labute approximate surface area is 73.2 Å². The average Bonchev–Trinajstić information content (AvgIpc) is 2.07. The van der Waals surface area contributed by atoms with E-state index in [2.05, 4.69) is 14.0 Å². The summed E-state index contributed by atoms with van der Waals surface area (Å²) >= 11 is 0. The van der Waals surface area contributed by atoms with Crippen LogP contribution in [0.3, 0.4) is 0 Å². The summed E-state index contributed by atoms with van der Waals surface area (Å²) in [5.41, 5.74) is 0. The van der Waals surface area contributed by atoms with Gasteiger partial charge in [0.05, 0.1) is 26.8 Å². The van der Waals surface area contributed by atoms with Gasteiger partial charge < -0.3 is 14.6 Å². The molecule has 1 saturated heterocycles. The lowest BCUT2D eigenvalue weighted by atomic mass is 10.3. The number of morpholine rings is 1. The molecule has 70 valence electrons. The Bertz CT molecular complexity index is 147. The molecule has 4 nitrogen and oxygen atoms in total. The van der Waals surface area contributed by atoms with Crippen molar-refractivity contribution < 1.29 is 14.0 Å². The SMILES string of the molecule is CC[N+]1(C)CCOCC1.[N-]=C=O. The summed E-state index contributed by atoms with van der Waals surface area (Å²) in [5.74, 6) is 0. The molecule has 1 aliphatic heterocycles. The quantitative estimate of drug-likeness (QED) is 0.326. The van der Waals surface area contributed by atoms with Crippen molar-refractivity contribution in [1.29, 1.82) is 0 Å². The molecule has 0 aromatic carbocycles. The number of ether oxygens (including phenoxy) is 1. The molecule has 12 heavy (non-hydrogen) atoms. The van der Waals surface area contributed by atoms with Crippen molar-refractivity contribution in [3.63, 3.8) is 0 Å². The molecule has 0 aromatic heterocycles. The third-order valence-electron chi connectivity index (χ3n) is 2.31. The molecule has 1 heterocycles. The molecule has 0 radical (unpaired) electrons. The van der Waals surface area contributed by atoms with Gasteiger partial charge in [-0.2, -0.15) is 0 Å². The van der Waals surface area contributed by atoms with Crippen molar-refractivity contribution in [2.24, 2.45) is 0 Å². The fourth-order valence-corrected chi connectivity index (χ4v) is 1.10. The third-order valence-corrected chi connectivity index (χ3v) is 2.31. The molecule has 0 amide bonds. The molecule has 0 saturated carbocycles. The Morgan fingerprint density at radius 1 is 1.50 bits per heavy atom. The second-order valence-corrected chi connectivity index (χ2v) is 3.09. The van der Waals surface area contributed by atoms with Crippen LogP contribution in [-0.4, -0.2) is 50.5 Å². The average molecular weight is 172 g/mol. The molecule has 4 heteroatoms. The van der Waals surface area contributed by atoms with Gasteiger partial charge in [-0.25, -0.2) is 0 Å². The summed E-state index contributed by atoms with van der Waals surface area (Å²) in [6.07, 6.45) is 0.500. The van der Waals surface area contributed by atoms with Crippen LogP contribution in [0.15, 0.2) is 0 Å². The van der Waals surface area contributed by atoms with Crippen LogP contribution in [-0.2, 0) is 9.53 Å². The van der Waals surface area contributed by atoms with Crippen LogP contribution in [0.5, 0.6) is 0 Å². The molecule has 0 aromatic rings. The largest absolute Gasteiger partial charge is 0.724 e. The van der Waals surface area contributed by atoms with Crippen molar-refractivity contribution in [1.82, 2.24) is 0 Å². The Morgan fingerprint density at radius 3 is 2.17 bits per heavy atom. The van der Waals surface area contributed by atoms with Crippen molar-refractivity contribution in [3.8, 4) is 0 Å². The van der Waals surface area contributed by atoms with E-state index in [-0.39, 0.29) is 0 Å². The Hall–Kier alpha value is -0.700. The zero-order valence-electron chi connectivity index (χ0n) is 7.75. The fraction of sp³-hybridized carbons (Fsp3) is 0.875. The highest BCUT2D eigenvalue weighted by Gasteiger charge is 2.21. The summed E-state index contributed by atoms with van der Waals surface area (Å²) < 4.78 is 6.45. The van der Waals surface area contributed by atoms with Gasteiger partial charge in [-0.1, -0.05) is 0 Å². The summed E-state index contributed by atoms with van der Waals surface area (Å²) in [6.45, 7) is 7.76. The normalized spacial score (nSPS) is 20.2. The molecule has 0 unspecified atom stereocenters. The summed E-state index contributed by atoms with van der Waals surface area (Å²) in [6, 6.07) is 0. The first-order chi connectivity index (χ1) is 5.68. The molecular formula is C8H16N2O2. The van der Waals surface area contributed by atoms with E-state index in [4.69, 9.17) is 14.9 Å². The molecule has 1 aliphatic rings. The number of isocyanates is 1. The van der Waals surface area contributed by atoms with E-state index in [1.165, 1.54) is 24.1 Å². The third kappa shape index (κ3) is 4.23. The number of nitrogens with zero attached hydrogens (tertiary/aromatic N) is 2. The maximum atomic E-state index is 8.24. The van der Waals surface area contributed by atoms with Crippen LogP contribution in [0, 0.1) is 0 Å². The van der Waals surface area contributed by atoms with E-state index in [1.807, 2.05) is 0 Å². The maximum Gasteiger partial charge on any atom is 0.102 e. The number of rotatable bonds is 1. The molecular weight excluding hydrogens is 156 g/mol. The number of hydrogen-bond donors (Lipinski definition) is 0. The molecule has 0 atom stereocenters. The minimum absolute atomic E-state index is 0.500. The predicted molar refractivity (Wildman–Crippen MR) is 46.3 cm³/mol. The van der Waals surface area contributed by atoms with Gasteiger partial charge in [0.1, 0.15) is 13.1 Å². The van der Waals surface area contributed by atoms with Crippen LogP contribution >= 0.6 is 0 Å². The first kappa shape index (κ1) is 11.3. The molecule has 0 spiro atoms. The van der Waals surface area contributed by atoms with E-state index in [0.29, 0.717) is 6.08 Å².